The third-order valence-corrected chi connectivity index (χ3v) is 4.09. The quantitative estimate of drug-likeness (QED) is 0.868. The average molecular weight is 231 g/mol. The molecule has 17 heavy (non-hydrogen) atoms. The molecule has 2 N–H and O–H groups in total. The van der Waals surface area contributed by atoms with Crippen molar-refractivity contribution in [2.75, 3.05) is 6.61 Å². The van der Waals surface area contributed by atoms with E-state index in [1.165, 1.54) is 48.8 Å². The highest BCUT2D eigenvalue weighted by Crippen LogP contribution is 2.28. The summed E-state index contributed by atoms with van der Waals surface area (Å²) in [6.45, 7) is 0.918. The molecule has 0 aromatic heterocycles. The van der Waals surface area contributed by atoms with E-state index in [0.717, 1.165) is 13.0 Å². The highest BCUT2D eigenvalue weighted by atomic mass is 16.5. The number of ether oxygens (including phenoxy) is 1. The summed E-state index contributed by atoms with van der Waals surface area (Å²) < 4.78 is 5.66. The Morgan fingerprint density at radius 3 is 2.94 bits per heavy atom. The summed E-state index contributed by atoms with van der Waals surface area (Å²) >= 11 is 0. The number of fused-ring (bicyclic) bond motifs is 1. The summed E-state index contributed by atoms with van der Waals surface area (Å²) in [7, 11) is 0. The van der Waals surface area contributed by atoms with Crippen molar-refractivity contribution in [2.45, 2.75) is 50.7 Å². The van der Waals surface area contributed by atoms with Gasteiger partial charge in [0.25, 0.3) is 0 Å². The number of rotatable bonds is 3. The van der Waals surface area contributed by atoms with Crippen molar-refractivity contribution in [1.82, 2.24) is 0 Å². The lowest BCUT2D eigenvalue weighted by molar-refractivity contribution is 0.0983. The van der Waals surface area contributed by atoms with Gasteiger partial charge in [-0.1, -0.05) is 18.2 Å². The van der Waals surface area contributed by atoms with Crippen LogP contribution >= 0.6 is 0 Å². The minimum absolute atomic E-state index is 0.143. The third kappa shape index (κ3) is 2.38. The van der Waals surface area contributed by atoms with Gasteiger partial charge in [-0.05, 0) is 55.2 Å². The zero-order valence-corrected chi connectivity index (χ0v) is 10.3. The van der Waals surface area contributed by atoms with Crippen molar-refractivity contribution < 1.29 is 4.74 Å². The van der Waals surface area contributed by atoms with Crippen molar-refractivity contribution in [2.24, 2.45) is 5.73 Å². The van der Waals surface area contributed by atoms with E-state index < -0.39 is 0 Å². The Balaban J connectivity index is 1.70. The van der Waals surface area contributed by atoms with Crippen LogP contribution in [0.1, 0.15) is 48.4 Å². The monoisotopic (exact) mass is 231 g/mol. The number of hydrogen-bond donors (Lipinski definition) is 1. The molecule has 2 atom stereocenters. The molecule has 1 aromatic rings. The van der Waals surface area contributed by atoms with E-state index >= 15 is 0 Å². The molecule has 2 nitrogen and oxygen atoms in total. The van der Waals surface area contributed by atoms with E-state index in [1.54, 1.807) is 0 Å². The third-order valence-electron chi connectivity index (χ3n) is 4.09. The van der Waals surface area contributed by atoms with Crippen LogP contribution in [0.25, 0.3) is 0 Å². The maximum atomic E-state index is 6.29. The molecule has 1 aromatic carbocycles. The Morgan fingerprint density at radius 1 is 1.24 bits per heavy atom. The van der Waals surface area contributed by atoms with Crippen LogP contribution in [0.4, 0.5) is 0 Å². The number of nitrogens with two attached hydrogens (primary N) is 1. The summed E-state index contributed by atoms with van der Waals surface area (Å²) in [6.07, 6.45) is 7.52. The summed E-state index contributed by atoms with van der Waals surface area (Å²) in [4.78, 5) is 0. The molecule has 1 saturated heterocycles. The number of hydrogen-bond acceptors (Lipinski definition) is 2. The molecule has 2 unspecified atom stereocenters. The Bertz CT molecular complexity index is 396. The van der Waals surface area contributed by atoms with Gasteiger partial charge < -0.3 is 10.5 Å². The molecule has 0 radical (unpaired) electrons. The predicted molar refractivity (Wildman–Crippen MR) is 69.0 cm³/mol. The second-order valence-corrected chi connectivity index (χ2v) is 5.36. The van der Waals surface area contributed by atoms with Crippen LogP contribution in [0, 0.1) is 0 Å². The van der Waals surface area contributed by atoms with E-state index in [4.69, 9.17) is 10.5 Å². The first-order valence-corrected chi connectivity index (χ1v) is 6.82. The lowest BCUT2D eigenvalue weighted by Crippen LogP contribution is -2.18. The first-order valence-electron chi connectivity index (χ1n) is 6.82. The molecule has 2 aliphatic rings. The minimum Gasteiger partial charge on any atom is -0.378 e. The summed E-state index contributed by atoms with van der Waals surface area (Å²) in [5.74, 6) is 0. The van der Waals surface area contributed by atoms with Crippen LogP contribution in [0.5, 0.6) is 0 Å². The minimum atomic E-state index is 0.143. The van der Waals surface area contributed by atoms with Gasteiger partial charge in [0.15, 0.2) is 0 Å². The van der Waals surface area contributed by atoms with Crippen LogP contribution in [-0.4, -0.2) is 12.7 Å². The number of benzene rings is 1. The Hall–Kier alpha value is -0.860. The van der Waals surface area contributed by atoms with Crippen LogP contribution in [0.3, 0.4) is 0 Å². The second-order valence-electron chi connectivity index (χ2n) is 5.36. The average Bonchev–Trinajstić information content (AvgIpc) is 2.97. The van der Waals surface area contributed by atoms with E-state index in [0.29, 0.717) is 6.10 Å². The van der Waals surface area contributed by atoms with Crippen LogP contribution in [0.2, 0.25) is 0 Å². The molecule has 1 heterocycles. The SMILES string of the molecule is NC(CC1CCCO1)c1ccc2c(c1)CCC2. The molecule has 3 rings (SSSR count). The fourth-order valence-electron chi connectivity index (χ4n) is 3.07. The van der Waals surface area contributed by atoms with Gasteiger partial charge in [0.1, 0.15) is 0 Å². The molecule has 1 aliphatic heterocycles. The molecule has 2 heteroatoms. The normalized spacial score (nSPS) is 24.9. The molecule has 0 spiro atoms. The van der Waals surface area contributed by atoms with Crippen molar-refractivity contribution in [1.29, 1.82) is 0 Å². The van der Waals surface area contributed by atoms with Crippen LogP contribution in [0.15, 0.2) is 18.2 Å². The molecular formula is C15H21NO. The van der Waals surface area contributed by atoms with Crippen molar-refractivity contribution in [3.63, 3.8) is 0 Å². The molecule has 1 aliphatic carbocycles. The Morgan fingerprint density at radius 2 is 2.12 bits per heavy atom. The lowest BCUT2D eigenvalue weighted by Gasteiger charge is -2.17. The summed E-state index contributed by atoms with van der Waals surface area (Å²) in [5, 5.41) is 0. The highest BCUT2D eigenvalue weighted by Gasteiger charge is 2.20. The van der Waals surface area contributed by atoms with Gasteiger partial charge in [-0.2, -0.15) is 0 Å². The summed E-state index contributed by atoms with van der Waals surface area (Å²) in [5.41, 5.74) is 10.6. The largest absolute Gasteiger partial charge is 0.378 e. The van der Waals surface area contributed by atoms with Gasteiger partial charge in [0, 0.05) is 12.6 Å². The summed E-state index contributed by atoms with van der Waals surface area (Å²) in [6, 6.07) is 6.95. The van der Waals surface area contributed by atoms with Crippen molar-refractivity contribution in [3.8, 4) is 0 Å². The van der Waals surface area contributed by atoms with E-state index in [-0.39, 0.29) is 6.04 Å². The molecule has 1 fully saturated rings. The van der Waals surface area contributed by atoms with Gasteiger partial charge in [-0.15, -0.1) is 0 Å². The zero-order chi connectivity index (χ0) is 11.7. The molecule has 0 bridgehead atoms. The molecule has 0 amide bonds. The topological polar surface area (TPSA) is 35.2 Å². The van der Waals surface area contributed by atoms with Crippen molar-refractivity contribution >= 4 is 0 Å². The van der Waals surface area contributed by atoms with Gasteiger partial charge in [0.2, 0.25) is 0 Å². The van der Waals surface area contributed by atoms with E-state index in [2.05, 4.69) is 18.2 Å². The molecule has 92 valence electrons. The van der Waals surface area contributed by atoms with Gasteiger partial charge in [0.05, 0.1) is 6.10 Å². The Kier molecular flexibility index (Phi) is 3.17. The zero-order valence-electron chi connectivity index (χ0n) is 10.3. The maximum absolute atomic E-state index is 6.29. The molecule has 0 saturated carbocycles. The van der Waals surface area contributed by atoms with Crippen LogP contribution < -0.4 is 5.73 Å². The van der Waals surface area contributed by atoms with Gasteiger partial charge in [-0.25, -0.2) is 0 Å². The fraction of sp³-hybridized carbons (Fsp3) is 0.600. The van der Waals surface area contributed by atoms with Gasteiger partial charge in [-0.3, -0.25) is 0 Å². The van der Waals surface area contributed by atoms with Crippen molar-refractivity contribution in [3.05, 3.63) is 34.9 Å². The van der Waals surface area contributed by atoms with E-state index in [9.17, 15) is 0 Å². The highest BCUT2D eigenvalue weighted by molar-refractivity contribution is 5.36. The standard InChI is InChI=1S/C15H21NO/c16-15(10-14-5-2-8-17-14)13-7-6-11-3-1-4-12(11)9-13/h6-7,9,14-15H,1-5,8,10,16H2. The van der Waals surface area contributed by atoms with Gasteiger partial charge >= 0.3 is 0 Å². The van der Waals surface area contributed by atoms with Crippen LogP contribution in [-0.2, 0) is 17.6 Å². The lowest BCUT2D eigenvalue weighted by atomic mass is 9.97. The fourth-order valence-corrected chi connectivity index (χ4v) is 3.07. The Labute approximate surface area is 103 Å². The first kappa shape index (κ1) is 11.2. The predicted octanol–water partition coefficient (Wildman–Crippen LogP) is 2.74. The smallest absolute Gasteiger partial charge is 0.0594 e. The first-order chi connectivity index (χ1) is 8.33. The maximum Gasteiger partial charge on any atom is 0.0594 e. The molecular weight excluding hydrogens is 210 g/mol. The van der Waals surface area contributed by atoms with E-state index in [1.807, 2.05) is 0 Å². The number of aryl methyl sites for hydroxylation is 2. The second kappa shape index (κ2) is 4.79.